The molecular weight excluding hydrogens is 294 g/mol. The molecule has 0 saturated heterocycles. The van der Waals surface area contributed by atoms with Gasteiger partial charge in [0.2, 0.25) is 0 Å². The molecule has 2 aromatic rings. The van der Waals surface area contributed by atoms with Gasteiger partial charge in [0.05, 0.1) is 7.11 Å². The minimum atomic E-state index is -0.166. The first-order chi connectivity index (χ1) is 11.3. The Morgan fingerprint density at radius 2 is 2.00 bits per heavy atom. The predicted octanol–water partition coefficient (Wildman–Crippen LogP) is 3.40. The molecule has 122 valence electrons. The summed E-state index contributed by atoms with van der Waals surface area (Å²) < 4.78 is 16.5. The fourth-order valence-electron chi connectivity index (χ4n) is 2.49. The monoisotopic (exact) mass is 315 g/mol. The topological polar surface area (TPSA) is 60.7 Å². The van der Waals surface area contributed by atoms with Gasteiger partial charge in [0, 0.05) is 6.54 Å². The largest absolute Gasteiger partial charge is 0.493 e. The van der Waals surface area contributed by atoms with Gasteiger partial charge in [-0.3, -0.25) is 4.79 Å². The van der Waals surface area contributed by atoms with Crippen LogP contribution in [0.15, 0.2) is 40.8 Å². The lowest BCUT2D eigenvalue weighted by atomic mass is 9.85. The zero-order valence-electron chi connectivity index (χ0n) is 13.2. The Morgan fingerprint density at radius 3 is 2.70 bits per heavy atom. The van der Waals surface area contributed by atoms with E-state index in [4.69, 9.17) is 13.9 Å². The Bertz CT molecular complexity index is 661. The van der Waals surface area contributed by atoms with Crippen LogP contribution in [0.2, 0.25) is 0 Å². The first kappa shape index (κ1) is 15.5. The summed E-state index contributed by atoms with van der Waals surface area (Å²) in [4.78, 5) is 12.0. The summed E-state index contributed by atoms with van der Waals surface area (Å²) in [5.74, 6) is 2.69. The van der Waals surface area contributed by atoms with Gasteiger partial charge in [0.15, 0.2) is 17.3 Å². The number of carbonyl (C=O) groups excluding carboxylic acids is 1. The molecule has 1 N–H and O–H groups in total. The Balaban J connectivity index is 1.53. The van der Waals surface area contributed by atoms with E-state index in [-0.39, 0.29) is 12.5 Å². The molecule has 0 bridgehead atoms. The van der Waals surface area contributed by atoms with E-state index < -0.39 is 0 Å². The summed E-state index contributed by atoms with van der Waals surface area (Å²) in [6.45, 7) is 0.975. The average molecular weight is 315 g/mol. The van der Waals surface area contributed by atoms with E-state index in [0.717, 1.165) is 6.54 Å². The number of hydrogen-bond donors (Lipinski definition) is 1. The molecule has 1 aromatic carbocycles. The van der Waals surface area contributed by atoms with Crippen molar-refractivity contribution >= 4 is 5.91 Å². The Morgan fingerprint density at radius 1 is 1.22 bits per heavy atom. The van der Waals surface area contributed by atoms with Gasteiger partial charge in [-0.25, -0.2) is 0 Å². The van der Waals surface area contributed by atoms with Crippen LogP contribution >= 0.6 is 0 Å². The van der Waals surface area contributed by atoms with Crippen LogP contribution in [0.3, 0.4) is 0 Å². The van der Waals surface area contributed by atoms with E-state index in [1.54, 1.807) is 19.2 Å². The number of benzene rings is 1. The number of nitrogens with one attached hydrogen (secondary N) is 1. The van der Waals surface area contributed by atoms with Gasteiger partial charge >= 0.3 is 0 Å². The molecule has 1 aliphatic carbocycles. The third-order valence-corrected chi connectivity index (χ3v) is 4.10. The Hall–Kier alpha value is -2.43. The zero-order chi connectivity index (χ0) is 16.1. The van der Waals surface area contributed by atoms with E-state index in [9.17, 15) is 4.79 Å². The van der Waals surface area contributed by atoms with Crippen LogP contribution in [-0.2, 0) is 6.61 Å². The van der Waals surface area contributed by atoms with Crippen molar-refractivity contribution in [1.82, 2.24) is 5.32 Å². The number of rotatable bonds is 7. The molecule has 0 atom stereocenters. The highest BCUT2D eigenvalue weighted by Crippen LogP contribution is 2.27. The first-order valence-corrected chi connectivity index (χ1v) is 7.89. The van der Waals surface area contributed by atoms with Crippen molar-refractivity contribution < 1.29 is 18.7 Å². The van der Waals surface area contributed by atoms with E-state index in [2.05, 4.69) is 5.32 Å². The number of carbonyl (C=O) groups is 1. The fraction of sp³-hybridized carbons (Fsp3) is 0.389. The molecule has 1 amide bonds. The molecule has 5 heteroatoms. The van der Waals surface area contributed by atoms with Crippen molar-refractivity contribution in [2.45, 2.75) is 25.9 Å². The Kier molecular flexibility index (Phi) is 4.86. The van der Waals surface area contributed by atoms with Crippen molar-refractivity contribution in [3.8, 4) is 11.5 Å². The second kappa shape index (κ2) is 7.22. The minimum absolute atomic E-state index is 0.166. The van der Waals surface area contributed by atoms with E-state index >= 15 is 0 Å². The second-order valence-electron chi connectivity index (χ2n) is 5.71. The lowest BCUT2D eigenvalue weighted by Gasteiger charge is -2.25. The summed E-state index contributed by atoms with van der Waals surface area (Å²) in [6, 6.07) is 10.8. The van der Waals surface area contributed by atoms with Crippen molar-refractivity contribution in [2.75, 3.05) is 13.7 Å². The molecule has 1 fully saturated rings. The SMILES string of the molecule is COc1ccccc1OCc1ccc(C(=O)NCC2CCC2)o1. The molecule has 1 saturated carbocycles. The molecule has 0 unspecified atom stereocenters. The highest BCUT2D eigenvalue weighted by atomic mass is 16.5. The van der Waals surface area contributed by atoms with Crippen molar-refractivity contribution in [1.29, 1.82) is 0 Å². The second-order valence-corrected chi connectivity index (χ2v) is 5.71. The summed E-state index contributed by atoms with van der Waals surface area (Å²) in [6.07, 6.45) is 3.68. The quantitative estimate of drug-likeness (QED) is 0.850. The van der Waals surface area contributed by atoms with Crippen molar-refractivity contribution in [3.63, 3.8) is 0 Å². The van der Waals surface area contributed by atoms with Gasteiger partial charge in [-0.15, -0.1) is 0 Å². The summed E-state index contributed by atoms with van der Waals surface area (Å²) in [7, 11) is 1.60. The van der Waals surface area contributed by atoms with Gasteiger partial charge < -0.3 is 19.2 Å². The maximum atomic E-state index is 12.0. The van der Waals surface area contributed by atoms with E-state index in [1.165, 1.54) is 19.3 Å². The van der Waals surface area contributed by atoms with Gasteiger partial charge in [-0.05, 0) is 43.0 Å². The van der Waals surface area contributed by atoms with Crippen molar-refractivity contribution in [3.05, 3.63) is 47.9 Å². The number of ether oxygens (including phenoxy) is 2. The van der Waals surface area contributed by atoms with E-state index in [0.29, 0.717) is 28.9 Å². The molecule has 0 spiro atoms. The molecule has 1 heterocycles. The third kappa shape index (κ3) is 3.86. The fourth-order valence-corrected chi connectivity index (χ4v) is 2.49. The Labute approximate surface area is 135 Å². The zero-order valence-corrected chi connectivity index (χ0v) is 13.2. The van der Waals surface area contributed by atoms with E-state index in [1.807, 2.05) is 24.3 Å². The third-order valence-electron chi connectivity index (χ3n) is 4.10. The average Bonchev–Trinajstić information content (AvgIpc) is 3.00. The summed E-state index contributed by atoms with van der Waals surface area (Å²) in [5.41, 5.74) is 0. The normalized spacial score (nSPS) is 14.1. The molecule has 1 aromatic heterocycles. The lowest BCUT2D eigenvalue weighted by molar-refractivity contribution is 0.0907. The lowest BCUT2D eigenvalue weighted by Crippen LogP contribution is -2.31. The van der Waals surface area contributed by atoms with Crippen LogP contribution in [-0.4, -0.2) is 19.6 Å². The number of methoxy groups -OCH3 is 1. The van der Waals surface area contributed by atoms with Gasteiger partial charge in [-0.1, -0.05) is 18.6 Å². The van der Waals surface area contributed by atoms with Gasteiger partial charge in [-0.2, -0.15) is 0 Å². The first-order valence-electron chi connectivity index (χ1n) is 7.89. The molecular formula is C18H21NO4. The highest BCUT2D eigenvalue weighted by molar-refractivity contribution is 5.91. The highest BCUT2D eigenvalue weighted by Gasteiger charge is 2.19. The van der Waals surface area contributed by atoms with Gasteiger partial charge in [0.1, 0.15) is 12.4 Å². The number of furan rings is 1. The summed E-state index contributed by atoms with van der Waals surface area (Å²) >= 11 is 0. The predicted molar refractivity (Wildman–Crippen MR) is 85.7 cm³/mol. The van der Waals surface area contributed by atoms with Crippen LogP contribution in [0.5, 0.6) is 11.5 Å². The number of para-hydroxylation sites is 2. The number of hydrogen-bond acceptors (Lipinski definition) is 4. The van der Waals surface area contributed by atoms with Crippen LogP contribution in [0, 0.1) is 5.92 Å². The molecule has 3 rings (SSSR count). The maximum Gasteiger partial charge on any atom is 0.287 e. The van der Waals surface area contributed by atoms with Crippen molar-refractivity contribution in [2.24, 2.45) is 5.92 Å². The maximum absolute atomic E-state index is 12.0. The molecule has 1 aliphatic rings. The molecule has 5 nitrogen and oxygen atoms in total. The standard InChI is InChI=1S/C18H21NO4/c1-21-15-7-2-3-8-16(15)22-12-14-9-10-17(23-14)18(20)19-11-13-5-4-6-13/h2-3,7-10,13H,4-6,11-12H2,1H3,(H,19,20). The molecule has 0 radical (unpaired) electrons. The number of amides is 1. The minimum Gasteiger partial charge on any atom is -0.493 e. The van der Waals surface area contributed by atoms with Crippen LogP contribution in [0.1, 0.15) is 35.6 Å². The molecule has 23 heavy (non-hydrogen) atoms. The summed E-state index contributed by atoms with van der Waals surface area (Å²) in [5, 5.41) is 2.91. The smallest absolute Gasteiger partial charge is 0.287 e. The van der Waals surface area contributed by atoms with Gasteiger partial charge in [0.25, 0.3) is 5.91 Å². The van der Waals surface area contributed by atoms with Crippen LogP contribution in [0.4, 0.5) is 0 Å². The van der Waals surface area contributed by atoms with Crippen LogP contribution < -0.4 is 14.8 Å². The molecule has 0 aliphatic heterocycles. The van der Waals surface area contributed by atoms with Crippen LogP contribution in [0.25, 0.3) is 0 Å².